The van der Waals surface area contributed by atoms with Gasteiger partial charge in [0.05, 0.1) is 11.4 Å². The number of hydrogen-bond acceptors (Lipinski definition) is 3. The average Bonchev–Trinajstić information content (AvgIpc) is 3.10. The zero-order valence-electron chi connectivity index (χ0n) is 13.5. The van der Waals surface area contributed by atoms with E-state index in [0.29, 0.717) is 12.3 Å². The minimum absolute atomic E-state index is 0.218. The molecule has 0 aliphatic heterocycles. The predicted molar refractivity (Wildman–Crippen MR) is 87.7 cm³/mol. The Balaban J connectivity index is 1.79. The molecular formula is C18H19N3O2. The van der Waals surface area contributed by atoms with Gasteiger partial charge in [-0.2, -0.15) is 5.10 Å². The van der Waals surface area contributed by atoms with Crippen LogP contribution in [0.4, 0.5) is 0 Å². The van der Waals surface area contributed by atoms with Crippen LogP contribution in [0.1, 0.15) is 33.3 Å². The van der Waals surface area contributed by atoms with E-state index in [2.05, 4.69) is 10.4 Å². The second-order valence-corrected chi connectivity index (χ2v) is 5.49. The highest BCUT2D eigenvalue weighted by molar-refractivity contribution is 5.91. The van der Waals surface area contributed by atoms with Crippen LogP contribution in [-0.2, 0) is 6.54 Å². The van der Waals surface area contributed by atoms with Crippen LogP contribution < -0.4 is 5.32 Å². The number of aromatic nitrogens is 2. The van der Waals surface area contributed by atoms with Gasteiger partial charge in [-0.1, -0.05) is 18.2 Å². The molecule has 118 valence electrons. The number of para-hydroxylation sites is 1. The van der Waals surface area contributed by atoms with Crippen molar-refractivity contribution in [3.63, 3.8) is 0 Å². The monoisotopic (exact) mass is 309 g/mol. The Bertz CT molecular complexity index is 831. The topological polar surface area (TPSA) is 60.1 Å². The fraction of sp³-hybridized carbons (Fsp3) is 0.222. The van der Waals surface area contributed by atoms with Crippen molar-refractivity contribution in [1.29, 1.82) is 0 Å². The third kappa shape index (κ3) is 3.04. The Morgan fingerprint density at radius 2 is 1.87 bits per heavy atom. The summed E-state index contributed by atoms with van der Waals surface area (Å²) < 4.78 is 7.23. The lowest BCUT2D eigenvalue weighted by molar-refractivity contribution is 0.0922. The fourth-order valence-electron chi connectivity index (χ4n) is 2.56. The molecule has 1 aromatic carbocycles. The molecule has 2 heterocycles. The van der Waals surface area contributed by atoms with E-state index < -0.39 is 0 Å². The predicted octanol–water partition coefficient (Wildman–Crippen LogP) is 3.32. The molecule has 3 rings (SSSR count). The first-order chi connectivity index (χ1) is 11.1. The van der Waals surface area contributed by atoms with Crippen LogP contribution in [0, 0.1) is 20.8 Å². The molecule has 0 fully saturated rings. The van der Waals surface area contributed by atoms with E-state index in [4.69, 9.17) is 4.42 Å². The molecule has 0 atom stereocenters. The highest BCUT2D eigenvalue weighted by atomic mass is 16.3. The van der Waals surface area contributed by atoms with Crippen molar-refractivity contribution in [3.05, 3.63) is 70.9 Å². The summed E-state index contributed by atoms with van der Waals surface area (Å²) in [5.74, 6) is 0.831. The van der Waals surface area contributed by atoms with Gasteiger partial charge in [-0.15, -0.1) is 0 Å². The summed E-state index contributed by atoms with van der Waals surface area (Å²) in [5, 5.41) is 7.47. The summed E-state index contributed by atoms with van der Waals surface area (Å²) in [6, 6.07) is 13.4. The van der Waals surface area contributed by atoms with Crippen molar-refractivity contribution in [2.24, 2.45) is 0 Å². The second-order valence-electron chi connectivity index (χ2n) is 5.49. The number of benzene rings is 1. The maximum absolute atomic E-state index is 12.1. The van der Waals surface area contributed by atoms with E-state index in [9.17, 15) is 4.79 Å². The van der Waals surface area contributed by atoms with Crippen LogP contribution in [-0.4, -0.2) is 15.7 Å². The SMILES string of the molecule is Cc1ccc(C(=O)NCc2c(C)nn(-c3ccccc3)c2C)o1. The molecule has 3 aromatic rings. The quantitative estimate of drug-likeness (QED) is 0.804. The highest BCUT2D eigenvalue weighted by Gasteiger charge is 2.15. The van der Waals surface area contributed by atoms with Crippen molar-refractivity contribution in [3.8, 4) is 5.69 Å². The smallest absolute Gasteiger partial charge is 0.287 e. The number of furan rings is 1. The van der Waals surface area contributed by atoms with E-state index in [0.717, 1.165) is 28.4 Å². The first-order valence-electron chi connectivity index (χ1n) is 7.51. The number of amides is 1. The van der Waals surface area contributed by atoms with Gasteiger partial charge >= 0.3 is 0 Å². The van der Waals surface area contributed by atoms with Crippen LogP contribution in [0.5, 0.6) is 0 Å². The number of aryl methyl sites for hydroxylation is 2. The Morgan fingerprint density at radius 1 is 1.13 bits per heavy atom. The first-order valence-corrected chi connectivity index (χ1v) is 7.51. The van der Waals surface area contributed by atoms with Crippen LogP contribution in [0.2, 0.25) is 0 Å². The Labute approximate surface area is 134 Å². The number of carbonyl (C=O) groups excluding carboxylic acids is 1. The average molecular weight is 309 g/mol. The Morgan fingerprint density at radius 3 is 2.52 bits per heavy atom. The number of hydrogen-bond donors (Lipinski definition) is 1. The van der Waals surface area contributed by atoms with Gasteiger partial charge in [0, 0.05) is 17.8 Å². The molecule has 0 bridgehead atoms. The Kier molecular flexibility index (Phi) is 4.02. The number of nitrogens with one attached hydrogen (secondary N) is 1. The maximum Gasteiger partial charge on any atom is 0.287 e. The van der Waals surface area contributed by atoms with Gasteiger partial charge in [-0.05, 0) is 45.0 Å². The molecule has 5 heteroatoms. The molecule has 23 heavy (non-hydrogen) atoms. The van der Waals surface area contributed by atoms with Gasteiger partial charge in [0.25, 0.3) is 5.91 Å². The lowest BCUT2D eigenvalue weighted by atomic mass is 10.2. The molecule has 0 radical (unpaired) electrons. The fourth-order valence-corrected chi connectivity index (χ4v) is 2.56. The van der Waals surface area contributed by atoms with Gasteiger partial charge < -0.3 is 9.73 Å². The van der Waals surface area contributed by atoms with E-state index in [1.807, 2.05) is 55.8 Å². The molecule has 1 amide bonds. The zero-order valence-corrected chi connectivity index (χ0v) is 13.5. The van der Waals surface area contributed by atoms with E-state index in [1.165, 1.54) is 0 Å². The van der Waals surface area contributed by atoms with E-state index >= 15 is 0 Å². The maximum atomic E-state index is 12.1. The van der Waals surface area contributed by atoms with Crippen LogP contribution in [0.15, 0.2) is 46.9 Å². The molecule has 0 unspecified atom stereocenters. The standard InChI is InChI=1S/C18H19N3O2/c1-12-9-10-17(23-12)18(22)19-11-16-13(2)20-21(14(16)3)15-7-5-4-6-8-15/h4-10H,11H2,1-3H3,(H,19,22). The molecular weight excluding hydrogens is 290 g/mol. The summed E-state index contributed by atoms with van der Waals surface area (Å²) >= 11 is 0. The van der Waals surface area contributed by atoms with Gasteiger partial charge in [-0.25, -0.2) is 4.68 Å². The lowest BCUT2D eigenvalue weighted by Crippen LogP contribution is -2.22. The van der Waals surface area contributed by atoms with E-state index in [1.54, 1.807) is 12.1 Å². The number of nitrogens with zero attached hydrogens (tertiary/aromatic N) is 2. The van der Waals surface area contributed by atoms with Crippen molar-refractivity contribution in [1.82, 2.24) is 15.1 Å². The van der Waals surface area contributed by atoms with Crippen molar-refractivity contribution in [2.45, 2.75) is 27.3 Å². The molecule has 1 N–H and O–H groups in total. The van der Waals surface area contributed by atoms with Crippen molar-refractivity contribution >= 4 is 5.91 Å². The van der Waals surface area contributed by atoms with Gasteiger partial charge in [0.1, 0.15) is 5.76 Å². The summed E-state index contributed by atoms with van der Waals surface area (Å²) in [6.07, 6.45) is 0. The molecule has 0 spiro atoms. The van der Waals surface area contributed by atoms with Crippen LogP contribution in [0.25, 0.3) is 5.69 Å². The molecule has 5 nitrogen and oxygen atoms in total. The van der Waals surface area contributed by atoms with Gasteiger partial charge in [-0.3, -0.25) is 4.79 Å². The summed E-state index contributed by atoms with van der Waals surface area (Å²) in [5.41, 5.74) is 3.95. The Hall–Kier alpha value is -2.82. The molecule has 0 aliphatic carbocycles. The highest BCUT2D eigenvalue weighted by Crippen LogP contribution is 2.18. The summed E-state index contributed by atoms with van der Waals surface area (Å²) in [6.45, 7) is 6.19. The third-order valence-corrected chi connectivity index (χ3v) is 3.83. The van der Waals surface area contributed by atoms with E-state index in [-0.39, 0.29) is 5.91 Å². The summed E-state index contributed by atoms with van der Waals surface area (Å²) in [4.78, 5) is 12.1. The zero-order chi connectivity index (χ0) is 16.4. The number of rotatable bonds is 4. The number of carbonyl (C=O) groups is 1. The molecule has 0 saturated heterocycles. The first kappa shape index (κ1) is 15.1. The normalized spacial score (nSPS) is 10.7. The molecule has 0 saturated carbocycles. The van der Waals surface area contributed by atoms with Crippen LogP contribution in [0.3, 0.4) is 0 Å². The summed E-state index contributed by atoms with van der Waals surface area (Å²) in [7, 11) is 0. The second kappa shape index (κ2) is 6.12. The lowest BCUT2D eigenvalue weighted by Gasteiger charge is -2.06. The minimum Gasteiger partial charge on any atom is -0.456 e. The van der Waals surface area contributed by atoms with Crippen molar-refractivity contribution < 1.29 is 9.21 Å². The minimum atomic E-state index is -0.218. The molecule has 0 aliphatic rings. The van der Waals surface area contributed by atoms with Gasteiger partial charge in [0.15, 0.2) is 5.76 Å². The van der Waals surface area contributed by atoms with Crippen molar-refractivity contribution in [2.75, 3.05) is 0 Å². The molecule has 2 aromatic heterocycles. The largest absolute Gasteiger partial charge is 0.456 e. The van der Waals surface area contributed by atoms with Gasteiger partial charge in [0.2, 0.25) is 0 Å². The third-order valence-electron chi connectivity index (χ3n) is 3.83. The van der Waals surface area contributed by atoms with Crippen LogP contribution >= 0.6 is 0 Å².